The Bertz CT molecular complexity index is 321. The highest BCUT2D eigenvalue weighted by atomic mass is 16.5. The van der Waals surface area contributed by atoms with E-state index in [-0.39, 0.29) is 0 Å². The summed E-state index contributed by atoms with van der Waals surface area (Å²) in [5, 5.41) is 10.8. The zero-order valence-corrected chi connectivity index (χ0v) is 13.8. The summed E-state index contributed by atoms with van der Waals surface area (Å²) < 4.78 is 17.9. The molecule has 21 heavy (non-hydrogen) atoms. The standard InChI is InChI=1S/C12H24N4O3.C2H6/c1-12-11-16(15-14-12)4-6-18-8-10-19-9-7-17-5-3-13-2;1-2/h11,13H,3-10H2,1-2H3;1-2H3. The van der Waals surface area contributed by atoms with Crippen LogP contribution in [0, 0.1) is 6.92 Å². The monoisotopic (exact) mass is 302 g/mol. The fourth-order valence-electron chi connectivity index (χ4n) is 1.38. The molecular weight excluding hydrogens is 272 g/mol. The molecule has 1 N–H and O–H groups in total. The topological polar surface area (TPSA) is 70.4 Å². The molecule has 7 nitrogen and oxygen atoms in total. The molecule has 1 rings (SSSR count). The minimum absolute atomic E-state index is 0.587. The molecule has 0 aromatic carbocycles. The minimum Gasteiger partial charge on any atom is -0.378 e. The van der Waals surface area contributed by atoms with Gasteiger partial charge in [-0.2, -0.15) is 0 Å². The molecule has 0 fully saturated rings. The van der Waals surface area contributed by atoms with Crippen molar-refractivity contribution in [3.63, 3.8) is 0 Å². The van der Waals surface area contributed by atoms with Gasteiger partial charge in [-0.3, -0.25) is 0 Å². The Morgan fingerprint density at radius 2 is 1.57 bits per heavy atom. The molecule has 1 aromatic heterocycles. The summed E-state index contributed by atoms with van der Waals surface area (Å²) in [6.45, 7) is 11.2. The van der Waals surface area contributed by atoms with E-state index in [1.807, 2.05) is 34.0 Å². The van der Waals surface area contributed by atoms with Crippen molar-refractivity contribution in [1.29, 1.82) is 0 Å². The first-order valence-corrected chi connectivity index (χ1v) is 7.57. The van der Waals surface area contributed by atoms with E-state index in [0.717, 1.165) is 12.2 Å². The summed E-state index contributed by atoms with van der Waals surface area (Å²) in [6.07, 6.45) is 1.89. The summed E-state index contributed by atoms with van der Waals surface area (Å²) in [5.74, 6) is 0. The Kier molecular flexibility index (Phi) is 14.6. The number of likely N-dealkylation sites (N-methyl/N-ethyl adjacent to an activating group) is 1. The van der Waals surface area contributed by atoms with Crippen LogP contribution in [0.4, 0.5) is 0 Å². The first kappa shape index (κ1) is 20.0. The Hall–Kier alpha value is -1.02. The molecule has 0 unspecified atom stereocenters. The molecule has 0 saturated heterocycles. The molecule has 0 saturated carbocycles. The molecule has 0 radical (unpaired) electrons. The fourth-order valence-corrected chi connectivity index (χ4v) is 1.38. The summed E-state index contributed by atoms with van der Waals surface area (Å²) >= 11 is 0. The number of hydrogen-bond acceptors (Lipinski definition) is 6. The van der Waals surface area contributed by atoms with Gasteiger partial charge in [0, 0.05) is 12.7 Å². The van der Waals surface area contributed by atoms with Crippen LogP contribution in [-0.2, 0) is 20.8 Å². The highest BCUT2D eigenvalue weighted by Gasteiger charge is 1.95. The Morgan fingerprint density at radius 3 is 2.10 bits per heavy atom. The maximum Gasteiger partial charge on any atom is 0.0796 e. The van der Waals surface area contributed by atoms with Gasteiger partial charge in [0.15, 0.2) is 0 Å². The van der Waals surface area contributed by atoms with Crippen molar-refractivity contribution >= 4 is 0 Å². The highest BCUT2D eigenvalue weighted by molar-refractivity contribution is 4.86. The zero-order chi connectivity index (χ0) is 15.8. The van der Waals surface area contributed by atoms with E-state index in [0.29, 0.717) is 46.2 Å². The van der Waals surface area contributed by atoms with Crippen molar-refractivity contribution in [3.05, 3.63) is 11.9 Å². The molecule has 0 aliphatic carbocycles. The van der Waals surface area contributed by atoms with Gasteiger partial charge < -0.3 is 19.5 Å². The van der Waals surface area contributed by atoms with Gasteiger partial charge in [-0.25, -0.2) is 4.68 Å². The maximum absolute atomic E-state index is 5.43. The van der Waals surface area contributed by atoms with E-state index in [4.69, 9.17) is 14.2 Å². The maximum atomic E-state index is 5.43. The van der Waals surface area contributed by atoms with Crippen molar-refractivity contribution in [1.82, 2.24) is 20.3 Å². The lowest BCUT2D eigenvalue weighted by Gasteiger charge is -2.06. The summed E-state index contributed by atoms with van der Waals surface area (Å²) in [4.78, 5) is 0. The van der Waals surface area contributed by atoms with E-state index in [1.165, 1.54) is 0 Å². The lowest BCUT2D eigenvalue weighted by molar-refractivity contribution is 0.0134. The lowest BCUT2D eigenvalue weighted by Crippen LogP contribution is -2.17. The van der Waals surface area contributed by atoms with Crippen LogP contribution in [0.5, 0.6) is 0 Å². The lowest BCUT2D eigenvalue weighted by atomic mass is 10.5. The predicted octanol–water partition coefficient (Wildman–Crippen LogP) is 0.882. The third-order valence-electron chi connectivity index (χ3n) is 2.36. The van der Waals surface area contributed by atoms with E-state index in [1.54, 1.807) is 4.68 Å². The molecule has 0 aliphatic rings. The number of nitrogens with zero attached hydrogens (tertiary/aromatic N) is 3. The quantitative estimate of drug-likeness (QED) is 0.578. The van der Waals surface area contributed by atoms with Crippen LogP contribution in [0.15, 0.2) is 6.20 Å². The predicted molar refractivity (Wildman–Crippen MR) is 82.5 cm³/mol. The van der Waals surface area contributed by atoms with Crippen LogP contribution >= 0.6 is 0 Å². The van der Waals surface area contributed by atoms with Crippen molar-refractivity contribution in [2.75, 3.05) is 53.2 Å². The Morgan fingerprint density at radius 1 is 1.00 bits per heavy atom. The van der Waals surface area contributed by atoms with Gasteiger partial charge in [0.05, 0.1) is 51.9 Å². The smallest absolute Gasteiger partial charge is 0.0796 e. The van der Waals surface area contributed by atoms with Crippen molar-refractivity contribution in [2.24, 2.45) is 0 Å². The minimum atomic E-state index is 0.587. The number of hydrogen-bond donors (Lipinski definition) is 1. The molecular formula is C14H30N4O3. The second-order valence-corrected chi connectivity index (χ2v) is 4.06. The molecule has 0 aliphatic heterocycles. The van der Waals surface area contributed by atoms with E-state index in [2.05, 4.69) is 15.6 Å². The van der Waals surface area contributed by atoms with E-state index < -0.39 is 0 Å². The average molecular weight is 302 g/mol. The summed E-state index contributed by atoms with van der Waals surface area (Å²) in [5.41, 5.74) is 0.918. The number of aromatic nitrogens is 3. The van der Waals surface area contributed by atoms with Gasteiger partial charge in [-0.1, -0.05) is 19.1 Å². The van der Waals surface area contributed by atoms with Gasteiger partial charge in [0.2, 0.25) is 0 Å². The van der Waals surface area contributed by atoms with Gasteiger partial charge in [0.1, 0.15) is 0 Å². The molecule has 0 atom stereocenters. The molecule has 0 bridgehead atoms. The van der Waals surface area contributed by atoms with Crippen LogP contribution < -0.4 is 5.32 Å². The average Bonchev–Trinajstić information content (AvgIpc) is 2.92. The number of rotatable bonds is 12. The first-order chi connectivity index (χ1) is 10.3. The third-order valence-corrected chi connectivity index (χ3v) is 2.36. The Balaban J connectivity index is 0.00000191. The van der Waals surface area contributed by atoms with Crippen LogP contribution in [0.2, 0.25) is 0 Å². The number of aryl methyl sites for hydroxylation is 1. The molecule has 7 heteroatoms. The largest absolute Gasteiger partial charge is 0.378 e. The van der Waals surface area contributed by atoms with Crippen LogP contribution in [-0.4, -0.2) is 68.2 Å². The second-order valence-electron chi connectivity index (χ2n) is 4.06. The third kappa shape index (κ3) is 12.4. The SMILES string of the molecule is CC.CNCCOCCOCCOCCn1cc(C)nn1. The molecule has 1 heterocycles. The van der Waals surface area contributed by atoms with Gasteiger partial charge in [0.25, 0.3) is 0 Å². The molecule has 124 valence electrons. The molecule has 0 amide bonds. The van der Waals surface area contributed by atoms with Crippen LogP contribution in [0.1, 0.15) is 19.5 Å². The number of ether oxygens (including phenoxy) is 3. The fraction of sp³-hybridized carbons (Fsp3) is 0.857. The van der Waals surface area contributed by atoms with Crippen molar-refractivity contribution < 1.29 is 14.2 Å². The van der Waals surface area contributed by atoms with Crippen molar-refractivity contribution in [2.45, 2.75) is 27.3 Å². The van der Waals surface area contributed by atoms with Crippen molar-refractivity contribution in [3.8, 4) is 0 Å². The van der Waals surface area contributed by atoms with Gasteiger partial charge >= 0.3 is 0 Å². The molecule has 1 aromatic rings. The second kappa shape index (κ2) is 15.4. The van der Waals surface area contributed by atoms with Gasteiger partial charge in [-0.05, 0) is 14.0 Å². The Labute approximate surface area is 128 Å². The summed E-state index contributed by atoms with van der Waals surface area (Å²) in [6, 6.07) is 0. The van der Waals surface area contributed by atoms with Crippen LogP contribution in [0.25, 0.3) is 0 Å². The zero-order valence-electron chi connectivity index (χ0n) is 13.8. The molecule has 0 spiro atoms. The van der Waals surface area contributed by atoms with E-state index >= 15 is 0 Å². The normalized spacial score (nSPS) is 10.3. The summed E-state index contributed by atoms with van der Waals surface area (Å²) in [7, 11) is 1.90. The van der Waals surface area contributed by atoms with Crippen LogP contribution in [0.3, 0.4) is 0 Å². The highest BCUT2D eigenvalue weighted by Crippen LogP contribution is 1.89. The first-order valence-electron chi connectivity index (χ1n) is 7.57. The van der Waals surface area contributed by atoms with E-state index in [9.17, 15) is 0 Å². The van der Waals surface area contributed by atoms with Gasteiger partial charge in [-0.15, -0.1) is 5.10 Å². The number of nitrogens with one attached hydrogen (secondary N) is 1.